The lowest BCUT2D eigenvalue weighted by atomic mass is 9.84. The van der Waals surface area contributed by atoms with Crippen LogP contribution in [0.5, 0.6) is 11.5 Å². The molecule has 0 unspecified atom stereocenters. The quantitative estimate of drug-likeness (QED) is 0.336. The van der Waals surface area contributed by atoms with Crippen molar-refractivity contribution in [2.75, 3.05) is 26.9 Å². The number of rotatable bonds is 5. The topological polar surface area (TPSA) is 84.0 Å². The Kier molecular flexibility index (Phi) is 8.19. The number of hydrogen-bond donors (Lipinski definition) is 3. The molecule has 0 saturated carbocycles. The van der Waals surface area contributed by atoms with Crippen molar-refractivity contribution < 1.29 is 14.3 Å². The van der Waals surface area contributed by atoms with Gasteiger partial charge >= 0.3 is 0 Å². The minimum absolute atomic E-state index is 0. The number of carbonyl (C=O) groups is 1. The smallest absolute Gasteiger partial charge is 0.239 e. The van der Waals surface area contributed by atoms with Gasteiger partial charge in [0.2, 0.25) is 12.7 Å². The van der Waals surface area contributed by atoms with Crippen molar-refractivity contribution in [3.05, 3.63) is 23.8 Å². The largest absolute Gasteiger partial charge is 0.454 e. The fourth-order valence-corrected chi connectivity index (χ4v) is 2.57. The maximum atomic E-state index is 11.9. The number of ether oxygens (including phenoxy) is 2. The lowest BCUT2D eigenvalue weighted by Crippen LogP contribution is -2.49. The van der Waals surface area contributed by atoms with Gasteiger partial charge in [-0.2, -0.15) is 0 Å². The molecule has 1 aromatic rings. The predicted octanol–water partition coefficient (Wildman–Crippen LogP) is 2.39. The number of guanidine groups is 1. The average molecular weight is 490 g/mol. The molecular formula is C19H31IN4O3. The molecule has 27 heavy (non-hydrogen) atoms. The van der Waals surface area contributed by atoms with Crippen LogP contribution in [0.15, 0.2) is 23.2 Å². The van der Waals surface area contributed by atoms with Crippen LogP contribution in [-0.4, -0.2) is 44.3 Å². The normalized spacial score (nSPS) is 13.6. The van der Waals surface area contributed by atoms with E-state index >= 15 is 0 Å². The average Bonchev–Trinajstić information content (AvgIpc) is 3.01. The van der Waals surface area contributed by atoms with Gasteiger partial charge in [0, 0.05) is 24.5 Å². The fraction of sp³-hybridized carbons (Fsp3) is 0.579. The SMILES string of the molecule is CN=C(NCC(=O)NC(C)(C)C)NCC(C)(C)c1ccc2c(c1)OCO2.I. The molecule has 1 aromatic carbocycles. The second-order valence-corrected chi connectivity index (χ2v) is 8.03. The van der Waals surface area contributed by atoms with E-state index in [4.69, 9.17) is 9.47 Å². The van der Waals surface area contributed by atoms with Crippen molar-refractivity contribution in [2.24, 2.45) is 4.99 Å². The number of hydrogen-bond acceptors (Lipinski definition) is 4. The molecule has 2 rings (SSSR count). The summed E-state index contributed by atoms with van der Waals surface area (Å²) in [5.41, 5.74) is 0.721. The summed E-state index contributed by atoms with van der Waals surface area (Å²) in [6.07, 6.45) is 0. The third-order valence-electron chi connectivity index (χ3n) is 4.01. The number of nitrogens with one attached hydrogen (secondary N) is 3. The Morgan fingerprint density at radius 2 is 1.78 bits per heavy atom. The first-order valence-corrected chi connectivity index (χ1v) is 8.76. The van der Waals surface area contributed by atoms with E-state index in [0.29, 0.717) is 12.5 Å². The molecule has 0 aromatic heterocycles. The second-order valence-electron chi connectivity index (χ2n) is 8.03. The summed E-state index contributed by atoms with van der Waals surface area (Å²) in [4.78, 5) is 16.1. The molecule has 1 heterocycles. The van der Waals surface area contributed by atoms with Gasteiger partial charge in [0.25, 0.3) is 0 Å². The highest BCUT2D eigenvalue weighted by atomic mass is 127. The molecule has 1 aliphatic heterocycles. The first-order chi connectivity index (χ1) is 12.1. The molecule has 0 spiro atoms. The maximum Gasteiger partial charge on any atom is 0.239 e. The lowest BCUT2D eigenvalue weighted by Gasteiger charge is -2.27. The van der Waals surface area contributed by atoms with Crippen LogP contribution in [0.1, 0.15) is 40.2 Å². The molecule has 3 N–H and O–H groups in total. The summed E-state index contributed by atoms with van der Waals surface area (Å²) in [7, 11) is 1.69. The van der Waals surface area contributed by atoms with E-state index in [0.717, 1.165) is 17.1 Å². The van der Waals surface area contributed by atoms with E-state index in [1.165, 1.54) is 0 Å². The first kappa shape index (κ1) is 23.3. The Bertz CT molecular complexity index is 684. The first-order valence-electron chi connectivity index (χ1n) is 8.76. The van der Waals surface area contributed by atoms with Crippen molar-refractivity contribution >= 4 is 35.8 Å². The minimum atomic E-state index is -0.253. The number of amides is 1. The van der Waals surface area contributed by atoms with Crippen LogP contribution in [0.25, 0.3) is 0 Å². The Morgan fingerprint density at radius 3 is 2.41 bits per heavy atom. The summed E-state index contributed by atoms with van der Waals surface area (Å²) in [6, 6.07) is 5.99. The Labute approximate surface area is 178 Å². The highest BCUT2D eigenvalue weighted by Crippen LogP contribution is 2.36. The van der Waals surface area contributed by atoms with Gasteiger partial charge in [0.15, 0.2) is 17.5 Å². The number of halogens is 1. The van der Waals surface area contributed by atoms with Crippen LogP contribution in [0.2, 0.25) is 0 Å². The summed E-state index contributed by atoms with van der Waals surface area (Å²) >= 11 is 0. The highest BCUT2D eigenvalue weighted by Gasteiger charge is 2.24. The molecule has 152 valence electrons. The predicted molar refractivity (Wildman–Crippen MR) is 118 cm³/mol. The summed E-state index contributed by atoms with van der Waals surface area (Å²) in [5, 5.41) is 9.23. The summed E-state index contributed by atoms with van der Waals surface area (Å²) in [5.74, 6) is 2.06. The second kappa shape index (κ2) is 9.48. The van der Waals surface area contributed by atoms with E-state index in [1.54, 1.807) is 7.05 Å². The third kappa shape index (κ3) is 7.08. The zero-order chi connectivity index (χ0) is 19.4. The Balaban J connectivity index is 0.00000364. The number of benzene rings is 1. The Morgan fingerprint density at radius 1 is 1.11 bits per heavy atom. The molecule has 0 radical (unpaired) electrons. The van der Waals surface area contributed by atoms with Crippen LogP contribution in [0.3, 0.4) is 0 Å². The van der Waals surface area contributed by atoms with Gasteiger partial charge in [-0.15, -0.1) is 24.0 Å². The molecule has 1 amide bonds. The number of aliphatic imine (C=N–C) groups is 1. The van der Waals surface area contributed by atoms with Gasteiger partial charge in [0.1, 0.15) is 0 Å². The van der Waals surface area contributed by atoms with Crippen molar-refractivity contribution in [1.82, 2.24) is 16.0 Å². The van der Waals surface area contributed by atoms with Gasteiger partial charge in [-0.25, -0.2) is 0 Å². The molecule has 7 nitrogen and oxygen atoms in total. The van der Waals surface area contributed by atoms with E-state index in [2.05, 4.69) is 34.8 Å². The van der Waals surface area contributed by atoms with Gasteiger partial charge in [-0.1, -0.05) is 19.9 Å². The van der Waals surface area contributed by atoms with Crippen LogP contribution in [0, 0.1) is 0 Å². The lowest BCUT2D eigenvalue weighted by molar-refractivity contribution is -0.121. The van der Waals surface area contributed by atoms with Crippen molar-refractivity contribution in [3.8, 4) is 11.5 Å². The molecule has 1 aliphatic rings. The van der Waals surface area contributed by atoms with Crippen molar-refractivity contribution in [3.63, 3.8) is 0 Å². The molecule has 8 heteroatoms. The summed E-state index contributed by atoms with van der Waals surface area (Å²) in [6.45, 7) is 11.2. The number of fused-ring (bicyclic) bond motifs is 1. The fourth-order valence-electron chi connectivity index (χ4n) is 2.57. The van der Waals surface area contributed by atoms with E-state index < -0.39 is 0 Å². The molecule has 0 saturated heterocycles. The zero-order valence-corrected chi connectivity index (χ0v) is 19.3. The van der Waals surface area contributed by atoms with Crippen molar-refractivity contribution in [1.29, 1.82) is 0 Å². The van der Waals surface area contributed by atoms with Crippen LogP contribution in [-0.2, 0) is 10.2 Å². The molecular weight excluding hydrogens is 459 g/mol. The monoisotopic (exact) mass is 490 g/mol. The van der Waals surface area contributed by atoms with Crippen molar-refractivity contribution in [2.45, 2.75) is 45.6 Å². The number of nitrogens with zero attached hydrogens (tertiary/aromatic N) is 1. The van der Waals surface area contributed by atoms with Gasteiger partial charge in [0.05, 0.1) is 6.54 Å². The van der Waals surface area contributed by atoms with Gasteiger partial charge in [-0.05, 0) is 38.5 Å². The molecule has 0 fully saturated rings. The third-order valence-corrected chi connectivity index (χ3v) is 4.01. The summed E-state index contributed by atoms with van der Waals surface area (Å²) < 4.78 is 10.8. The van der Waals surface area contributed by atoms with Crippen LogP contribution < -0.4 is 25.4 Å². The molecule has 0 bridgehead atoms. The van der Waals surface area contributed by atoms with Crippen LogP contribution >= 0.6 is 24.0 Å². The standard InChI is InChI=1S/C19H30N4O3.HI/c1-18(2,3)23-16(24)10-21-17(20-6)22-11-19(4,5)13-7-8-14-15(9-13)26-12-25-14;/h7-9H,10-12H2,1-6H3,(H,23,24)(H2,20,21,22);1H. The molecule has 0 atom stereocenters. The van der Waals surface area contributed by atoms with Crippen LogP contribution in [0.4, 0.5) is 0 Å². The van der Waals surface area contributed by atoms with E-state index in [-0.39, 0.29) is 54.2 Å². The zero-order valence-electron chi connectivity index (χ0n) is 16.9. The van der Waals surface area contributed by atoms with Gasteiger partial charge < -0.3 is 25.4 Å². The van der Waals surface area contributed by atoms with Gasteiger partial charge in [-0.3, -0.25) is 9.79 Å². The maximum absolute atomic E-state index is 11.9. The van der Waals surface area contributed by atoms with E-state index in [1.807, 2.05) is 39.0 Å². The minimum Gasteiger partial charge on any atom is -0.454 e. The molecule has 0 aliphatic carbocycles. The van der Waals surface area contributed by atoms with E-state index in [9.17, 15) is 4.79 Å². The highest BCUT2D eigenvalue weighted by molar-refractivity contribution is 14.0. The number of carbonyl (C=O) groups excluding carboxylic acids is 1. The Hall–Kier alpha value is -1.71.